The molecule has 0 aliphatic rings. The first-order chi connectivity index (χ1) is 14.6. The molecule has 30 heavy (non-hydrogen) atoms. The topological polar surface area (TPSA) is 82.4 Å². The first kappa shape index (κ1) is 20.7. The lowest BCUT2D eigenvalue weighted by Gasteiger charge is -2.19. The molecule has 0 aliphatic carbocycles. The first-order valence-electron chi connectivity index (χ1n) is 9.50. The number of aliphatic carboxylic acids is 1. The Morgan fingerprint density at radius 3 is 2.50 bits per heavy atom. The van der Waals surface area contributed by atoms with E-state index < -0.39 is 12.0 Å². The minimum Gasteiger partial charge on any atom is -0.489 e. The molecule has 0 radical (unpaired) electrons. The number of hydrogen-bond acceptors (Lipinski definition) is 4. The van der Waals surface area contributed by atoms with E-state index in [1.54, 1.807) is 42.5 Å². The van der Waals surface area contributed by atoms with Crippen molar-refractivity contribution in [1.29, 1.82) is 5.26 Å². The van der Waals surface area contributed by atoms with Gasteiger partial charge in [-0.2, -0.15) is 5.26 Å². The summed E-state index contributed by atoms with van der Waals surface area (Å²) in [5, 5.41) is 21.7. The molecule has 3 rings (SSSR count). The van der Waals surface area contributed by atoms with Crippen LogP contribution < -0.4 is 10.1 Å². The Morgan fingerprint density at radius 2 is 1.87 bits per heavy atom. The van der Waals surface area contributed by atoms with Gasteiger partial charge in [0.15, 0.2) is 6.04 Å². The van der Waals surface area contributed by atoms with Crippen LogP contribution in [0.3, 0.4) is 0 Å². The van der Waals surface area contributed by atoms with Gasteiger partial charge in [-0.25, -0.2) is 4.79 Å². The van der Waals surface area contributed by atoms with Crippen LogP contribution in [0.1, 0.15) is 28.3 Å². The number of carboxylic acids is 1. The Bertz CT molecular complexity index is 1050. The molecule has 150 valence electrons. The van der Waals surface area contributed by atoms with Crippen molar-refractivity contribution in [2.75, 3.05) is 5.32 Å². The van der Waals surface area contributed by atoms with Crippen molar-refractivity contribution in [2.45, 2.75) is 19.1 Å². The van der Waals surface area contributed by atoms with Gasteiger partial charge in [0, 0.05) is 5.69 Å². The normalized spacial score (nSPS) is 11.2. The third-order valence-electron chi connectivity index (χ3n) is 4.59. The summed E-state index contributed by atoms with van der Waals surface area (Å²) >= 11 is 0. The van der Waals surface area contributed by atoms with Crippen LogP contribution in [0.15, 0.2) is 85.5 Å². The maximum Gasteiger partial charge on any atom is 0.330 e. The van der Waals surface area contributed by atoms with E-state index in [9.17, 15) is 9.90 Å². The molecule has 0 fully saturated rings. The standard InChI is InChI=1S/C25H22N2O3/c1-2-6-20-15-21(11-14-23(20)30-17-19-7-4-3-5-8-19)24(25(28)29)27-22-12-9-18(16-26)10-13-22/h2-5,7-15,24,27H,1,6,17H2,(H,28,29). The number of nitrogens with zero attached hydrogens (tertiary/aromatic N) is 1. The molecule has 5 heteroatoms. The molecule has 1 atom stereocenters. The number of nitriles is 1. The monoisotopic (exact) mass is 398 g/mol. The average Bonchev–Trinajstić information content (AvgIpc) is 2.78. The molecule has 0 saturated carbocycles. The van der Waals surface area contributed by atoms with E-state index in [0.29, 0.717) is 35.6 Å². The molecule has 0 saturated heterocycles. The van der Waals surface area contributed by atoms with Gasteiger partial charge in [-0.3, -0.25) is 0 Å². The van der Waals surface area contributed by atoms with Gasteiger partial charge in [-0.1, -0.05) is 42.5 Å². The smallest absolute Gasteiger partial charge is 0.330 e. The van der Waals surface area contributed by atoms with E-state index in [2.05, 4.69) is 11.9 Å². The number of allylic oxidation sites excluding steroid dienone is 1. The molecule has 0 aromatic heterocycles. The summed E-state index contributed by atoms with van der Waals surface area (Å²) in [5.74, 6) is -0.299. The number of hydrogen-bond donors (Lipinski definition) is 2. The summed E-state index contributed by atoms with van der Waals surface area (Å²) in [5.41, 5.74) is 3.66. The van der Waals surface area contributed by atoms with E-state index in [1.165, 1.54) is 0 Å². The number of carboxylic acid groups (broad SMARTS) is 1. The van der Waals surface area contributed by atoms with Gasteiger partial charge in [-0.15, -0.1) is 6.58 Å². The van der Waals surface area contributed by atoms with Gasteiger partial charge in [0.1, 0.15) is 12.4 Å². The Morgan fingerprint density at radius 1 is 1.13 bits per heavy atom. The van der Waals surface area contributed by atoms with E-state index in [-0.39, 0.29) is 0 Å². The SMILES string of the molecule is C=CCc1cc(C(Nc2ccc(C#N)cc2)C(=O)O)ccc1OCc1ccccc1. The van der Waals surface area contributed by atoms with E-state index in [4.69, 9.17) is 10.00 Å². The fourth-order valence-corrected chi connectivity index (χ4v) is 3.07. The molecule has 2 N–H and O–H groups in total. The second-order valence-corrected chi connectivity index (χ2v) is 6.74. The van der Waals surface area contributed by atoms with Crippen molar-refractivity contribution in [2.24, 2.45) is 0 Å². The fourth-order valence-electron chi connectivity index (χ4n) is 3.07. The maximum atomic E-state index is 11.9. The zero-order valence-electron chi connectivity index (χ0n) is 16.4. The Balaban J connectivity index is 1.83. The number of nitrogens with one attached hydrogen (secondary N) is 1. The zero-order chi connectivity index (χ0) is 21.3. The second-order valence-electron chi connectivity index (χ2n) is 6.74. The van der Waals surface area contributed by atoms with Crippen molar-refractivity contribution in [3.05, 3.63) is 108 Å². The lowest BCUT2D eigenvalue weighted by atomic mass is 10.0. The summed E-state index contributed by atoms with van der Waals surface area (Å²) in [6.07, 6.45) is 2.32. The van der Waals surface area contributed by atoms with Crippen molar-refractivity contribution < 1.29 is 14.6 Å². The van der Waals surface area contributed by atoms with Crippen LogP contribution in [0.25, 0.3) is 0 Å². The molecular weight excluding hydrogens is 376 g/mol. The fraction of sp³-hybridized carbons (Fsp3) is 0.120. The minimum atomic E-state index is -0.998. The van der Waals surface area contributed by atoms with Crippen LogP contribution in [-0.4, -0.2) is 11.1 Å². The van der Waals surface area contributed by atoms with Crippen LogP contribution >= 0.6 is 0 Å². The van der Waals surface area contributed by atoms with Crippen LogP contribution in [0, 0.1) is 11.3 Å². The number of rotatable bonds is 9. The van der Waals surface area contributed by atoms with E-state index in [1.807, 2.05) is 42.5 Å². The van der Waals surface area contributed by atoms with Crippen molar-refractivity contribution in [3.8, 4) is 11.8 Å². The van der Waals surface area contributed by atoms with Crippen molar-refractivity contribution >= 4 is 11.7 Å². The van der Waals surface area contributed by atoms with Gasteiger partial charge < -0.3 is 15.2 Å². The third-order valence-corrected chi connectivity index (χ3v) is 4.59. The quantitative estimate of drug-likeness (QED) is 0.490. The largest absolute Gasteiger partial charge is 0.489 e. The number of carbonyl (C=O) groups is 1. The summed E-state index contributed by atoms with van der Waals surface area (Å²) in [4.78, 5) is 11.9. The number of anilines is 1. The number of benzene rings is 3. The molecule has 0 aliphatic heterocycles. The van der Waals surface area contributed by atoms with Gasteiger partial charge in [0.05, 0.1) is 11.6 Å². The highest BCUT2D eigenvalue weighted by atomic mass is 16.5. The summed E-state index contributed by atoms with van der Waals surface area (Å²) in [6, 6.07) is 23.0. The Labute approximate surface area is 175 Å². The van der Waals surface area contributed by atoms with Crippen LogP contribution in [0.2, 0.25) is 0 Å². The predicted octanol–water partition coefficient (Wildman–Crippen LogP) is 5.10. The highest BCUT2D eigenvalue weighted by molar-refractivity contribution is 5.79. The molecule has 5 nitrogen and oxygen atoms in total. The summed E-state index contributed by atoms with van der Waals surface area (Å²) in [7, 11) is 0. The second kappa shape index (κ2) is 9.94. The molecule has 0 heterocycles. The van der Waals surface area contributed by atoms with Gasteiger partial charge >= 0.3 is 5.97 Å². The molecule has 1 unspecified atom stereocenters. The molecule has 0 amide bonds. The summed E-state index contributed by atoms with van der Waals surface area (Å²) < 4.78 is 5.97. The van der Waals surface area contributed by atoms with Gasteiger partial charge in [-0.05, 0) is 59.5 Å². The zero-order valence-corrected chi connectivity index (χ0v) is 16.4. The van der Waals surface area contributed by atoms with Gasteiger partial charge in [0.2, 0.25) is 0 Å². The highest BCUT2D eigenvalue weighted by Crippen LogP contribution is 2.28. The molecule has 0 spiro atoms. The number of ether oxygens (including phenoxy) is 1. The van der Waals surface area contributed by atoms with Crippen molar-refractivity contribution in [1.82, 2.24) is 0 Å². The first-order valence-corrected chi connectivity index (χ1v) is 9.50. The lowest BCUT2D eigenvalue weighted by molar-refractivity contribution is -0.138. The van der Waals surface area contributed by atoms with E-state index in [0.717, 1.165) is 11.1 Å². The van der Waals surface area contributed by atoms with Crippen LogP contribution in [0.5, 0.6) is 5.75 Å². The Hall–Kier alpha value is -4.04. The molecule has 3 aromatic rings. The molecule has 3 aromatic carbocycles. The molecule has 0 bridgehead atoms. The average molecular weight is 398 g/mol. The van der Waals surface area contributed by atoms with E-state index >= 15 is 0 Å². The highest BCUT2D eigenvalue weighted by Gasteiger charge is 2.21. The third kappa shape index (κ3) is 5.27. The Kier molecular flexibility index (Phi) is 6.86. The summed E-state index contributed by atoms with van der Waals surface area (Å²) in [6.45, 7) is 4.22. The minimum absolute atomic E-state index is 0.427. The maximum absolute atomic E-state index is 11.9. The lowest BCUT2D eigenvalue weighted by Crippen LogP contribution is -2.20. The van der Waals surface area contributed by atoms with Crippen LogP contribution in [-0.2, 0) is 17.8 Å². The molecular formula is C25H22N2O3. The van der Waals surface area contributed by atoms with Crippen molar-refractivity contribution in [3.63, 3.8) is 0 Å². The van der Waals surface area contributed by atoms with Crippen LogP contribution in [0.4, 0.5) is 5.69 Å². The van der Waals surface area contributed by atoms with Gasteiger partial charge in [0.25, 0.3) is 0 Å². The predicted molar refractivity (Wildman–Crippen MR) is 116 cm³/mol.